The molecule has 0 aliphatic heterocycles. The van der Waals surface area contributed by atoms with Crippen molar-refractivity contribution >= 4 is 11.3 Å². The molecule has 0 saturated carbocycles. The molecule has 2 aromatic rings. The van der Waals surface area contributed by atoms with Crippen LogP contribution >= 0.6 is 0 Å². The van der Waals surface area contributed by atoms with Crippen LogP contribution in [-0.4, -0.2) is 14.6 Å². The lowest BCUT2D eigenvalue weighted by Gasteiger charge is -1.98. The number of rotatable bonds is 2. The third-order valence-electron chi connectivity index (χ3n) is 2.22. The molecule has 0 unspecified atom stereocenters. The van der Waals surface area contributed by atoms with E-state index >= 15 is 0 Å². The van der Waals surface area contributed by atoms with Gasteiger partial charge in [0.2, 0.25) is 0 Å². The zero-order chi connectivity index (χ0) is 10.1. The summed E-state index contributed by atoms with van der Waals surface area (Å²) in [6.45, 7) is 4.11. The number of hydrogen-bond donors (Lipinski definition) is 1. The summed E-state index contributed by atoms with van der Waals surface area (Å²) in [5, 5.41) is 4.39. The van der Waals surface area contributed by atoms with E-state index in [1.807, 2.05) is 19.1 Å². The summed E-state index contributed by atoms with van der Waals surface area (Å²) in [6, 6.07) is 3.82. The minimum atomic E-state index is 0.686. The summed E-state index contributed by atoms with van der Waals surface area (Å²) in [5.41, 5.74) is 8.33. The SMILES string of the molecule is CCCc1nc2c(N)ccc(C)n2n1. The van der Waals surface area contributed by atoms with Gasteiger partial charge in [0.05, 0.1) is 5.69 Å². The van der Waals surface area contributed by atoms with Crippen LogP contribution in [0.5, 0.6) is 0 Å². The standard InChI is InChI=1S/C10H14N4/c1-3-4-9-12-10-8(11)6-5-7(2)14(10)13-9/h5-6H,3-4,11H2,1-2H3. The number of aryl methyl sites for hydroxylation is 2. The van der Waals surface area contributed by atoms with Gasteiger partial charge in [0.1, 0.15) is 0 Å². The average Bonchev–Trinajstić information content (AvgIpc) is 2.57. The smallest absolute Gasteiger partial charge is 0.178 e. The molecule has 74 valence electrons. The molecule has 0 radical (unpaired) electrons. The van der Waals surface area contributed by atoms with Crippen LogP contribution in [0.2, 0.25) is 0 Å². The molecule has 0 aromatic carbocycles. The van der Waals surface area contributed by atoms with Crippen LogP contribution < -0.4 is 5.73 Å². The first-order chi connectivity index (χ1) is 6.72. The first-order valence-corrected chi connectivity index (χ1v) is 4.83. The van der Waals surface area contributed by atoms with Crippen LogP contribution in [-0.2, 0) is 6.42 Å². The lowest BCUT2D eigenvalue weighted by molar-refractivity contribution is 0.808. The second kappa shape index (κ2) is 3.29. The fourth-order valence-electron chi connectivity index (χ4n) is 1.47. The van der Waals surface area contributed by atoms with Gasteiger partial charge in [-0.25, -0.2) is 9.50 Å². The molecule has 14 heavy (non-hydrogen) atoms. The molecule has 0 saturated heterocycles. The minimum Gasteiger partial charge on any atom is -0.396 e. The number of anilines is 1. The van der Waals surface area contributed by atoms with Crippen LogP contribution in [0.15, 0.2) is 12.1 Å². The van der Waals surface area contributed by atoms with Crippen molar-refractivity contribution in [2.24, 2.45) is 0 Å². The van der Waals surface area contributed by atoms with Crippen molar-refractivity contribution in [1.29, 1.82) is 0 Å². The first kappa shape index (κ1) is 8.99. The van der Waals surface area contributed by atoms with Gasteiger partial charge < -0.3 is 5.73 Å². The first-order valence-electron chi connectivity index (χ1n) is 4.83. The topological polar surface area (TPSA) is 56.2 Å². The van der Waals surface area contributed by atoms with Gasteiger partial charge >= 0.3 is 0 Å². The largest absolute Gasteiger partial charge is 0.396 e. The molecule has 2 N–H and O–H groups in total. The van der Waals surface area contributed by atoms with Crippen LogP contribution in [0.4, 0.5) is 5.69 Å². The minimum absolute atomic E-state index is 0.686. The molecule has 0 atom stereocenters. The predicted octanol–water partition coefficient (Wildman–Crippen LogP) is 1.57. The summed E-state index contributed by atoms with van der Waals surface area (Å²) in [4.78, 5) is 4.39. The van der Waals surface area contributed by atoms with E-state index in [0.29, 0.717) is 5.69 Å². The Labute approximate surface area is 82.8 Å². The zero-order valence-electron chi connectivity index (χ0n) is 8.49. The molecule has 2 rings (SSSR count). The molecule has 0 spiro atoms. The van der Waals surface area contributed by atoms with Gasteiger partial charge in [0, 0.05) is 12.1 Å². The van der Waals surface area contributed by atoms with Gasteiger partial charge in [-0.15, -0.1) is 0 Å². The summed E-state index contributed by atoms with van der Waals surface area (Å²) < 4.78 is 1.81. The summed E-state index contributed by atoms with van der Waals surface area (Å²) in [7, 11) is 0. The van der Waals surface area contributed by atoms with E-state index in [1.165, 1.54) is 0 Å². The highest BCUT2D eigenvalue weighted by Crippen LogP contribution is 2.13. The van der Waals surface area contributed by atoms with Crippen molar-refractivity contribution in [2.75, 3.05) is 5.73 Å². The van der Waals surface area contributed by atoms with E-state index in [0.717, 1.165) is 30.0 Å². The molecule has 0 fully saturated rings. The van der Waals surface area contributed by atoms with Gasteiger partial charge in [-0.3, -0.25) is 0 Å². The number of aromatic nitrogens is 3. The maximum absolute atomic E-state index is 5.81. The Hall–Kier alpha value is -1.58. The lowest BCUT2D eigenvalue weighted by atomic mass is 10.3. The fraction of sp³-hybridized carbons (Fsp3) is 0.400. The Kier molecular flexibility index (Phi) is 2.11. The Bertz CT molecular complexity index is 419. The summed E-state index contributed by atoms with van der Waals surface area (Å²) in [5.74, 6) is 0.869. The zero-order valence-corrected chi connectivity index (χ0v) is 8.49. The Morgan fingerprint density at radius 1 is 1.43 bits per heavy atom. The molecule has 0 aliphatic carbocycles. The van der Waals surface area contributed by atoms with Crippen LogP contribution in [0.3, 0.4) is 0 Å². The molecule has 0 aliphatic rings. The van der Waals surface area contributed by atoms with Gasteiger partial charge in [-0.05, 0) is 25.5 Å². The van der Waals surface area contributed by atoms with Crippen molar-refractivity contribution in [3.05, 3.63) is 23.7 Å². The molecule has 0 amide bonds. The van der Waals surface area contributed by atoms with E-state index in [1.54, 1.807) is 4.52 Å². The Morgan fingerprint density at radius 3 is 2.86 bits per heavy atom. The molecular weight excluding hydrogens is 176 g/mol. The van der Waals surface area contributed by atoms with E-state index in [4.69, 9.17) is 5.73 Å². The molecule has 2 aromatic heterocycles. The highest BCUT2D eigenvalue weighted by Gasteiger charge is 2.06. The number of nitrogens with zero attached hydrogens (tertiary/aromatic N) is 3. The van der Waals surface area contributed by atoms with E-state index in [9.17, 15) is 0 Å². The predicted molar refractivity (Wildman–Crippen MR) is 56.1 cm³/mol. The molecular formula is C10H14N4. The van der Waals surface area contributed by atoms with Gasteiger partial charge in [-0.2, -0.15) is 5.10 Å². The molecule has 4 heteroatoms. The summed E-state index contributed by atoms with van der Waals surface area (Å²) in [6.07, 6.45) is 1.95. The average molecular weight is 190 g/mol. The van der Waals surface area contributed by atoms with Crippen LogP contribution in [0.1, 0.15) is 24.9 Å². The van der Waals surface area contributed by atoms with Crippen LogP contribution in [0.25, 0.3) is 5.65 Å². The highest BCUT2D eigenvalue weighted by atomic mass is 15.3. The Balaban J connectivity index is 2.63. The van der Waals surface area contributed by atoms with E-state index in [-0.39, 0.29) is 0 Å². The van der Waals surface area contributed by atoms with Crippen molar-refractivity contribution in [1.82, 2.24) is 14.6 Å². The van der Waals surface area contributed by atoms with Crippen molar-refractivity contribution < 1.29 is 0 Å². The highest BCUT2D eigenvalue weighted by molar-refractivity contribution is 5.64. The quantitative estimate of drug-likeness (QED) is 0.782. The second-order valence-corrected chi connectivity index (χ2v) is 3.44. The van der Waals surface area contributed by atoms with Crippen LogP contribution in [0, 0.1) is 6.92 Å². The Morgan fingerprint density at radius 2 is 2.21 bits per heavy atom. The molecule has 0 bridgehead atoms. The fourth-order valence-corrected chi connectivity index (χ4v) is 1.47. The maximum atomic E-state index is 5.81. The summed E-state index contributed by atoms with van der Waals surface area (Å²) >= 11 is 0. The maximum Gasteiger partial charge on any atom is 0.178 e. The number of pyridine rings is 1. The molecule has 4 nitrogen and oxygen atoms in total. The second-order valence-electron chi connectivity index (χ2n) is 3.44. The van der Waals surface area contributed by atoms with Crippen molar-refractivity contribution in [3.8, 4) is 0 Å². The number of fused-ring (bicyclic) bond motifs is 1. The van der Waals surface area contributed by atoms with Crippen molar-refractivity contribution in [2.45, 2.75) is 26.7 Å². The number of nitrogens with two attached hydrogens (primary N) is 1. The molecule has 2 heterocycles. The van der Waals surface area contributed by atoms with Crippen molar-refractivity contribution in [3.63, 3.8) is 0 Å². The van der Waals surface area contributed by atoms with Gasteiger partial charge in [-0.1, -0.05) is 6.92 Å². The normalized spacial score (nSPS) is 11.0. The monoisotopic (exact) mass is 190 g/mol. The van der Waals surface area contributed by atoms with Gasteiger partial charge in [0.15, 0.2) is 11.5 Å². The van der Waals surface area contributed by atoms with Gasteiger partial charge in [0.25, 0.3) is 0 Å². The van der Waals surface area contributed by atoms with E-state index in [2.05, 4.69) is 17.0 Å². The third kappa shape index (κ3) is 1.32. The lowest BCUT2D eigenvalue weighted by Crippen LogP contribution is -1.97. The van der Waals surface area contributed by atoms with E-state index < -0.39 is 0 Å². The number of hydrogen-bond acceptors (Lipinski definition) is 3. The number of nitrogen functional groups attached to an aromatic ring is 1. The third-order valence-corrected chi connectivity index (χ3v) is 2.22.